The Morgan fingerprint density at radius 3 is 2.76 bits per heavy atom. The lowest BCUT2D eigenvalue weighted by molar-refractivity contribution is 0.0854. The molecular formula is C19H26N4O2. The van der Waals surface area contributed by atoms with Crippen molar-refractivity contribution in [1.82, 2.24) is 20.4 Å². The van der Waals surface area contributed by atoms with Gasteiger partial charge in [-0.15, -0.1) is 0 Å². The van der Waals surface area contributed by atoms with E-state index in [1.54, 1.807) is 6.20 Å². The van der Waals surface area contributed by atoms with Crippen molar-refractivity contribution < 1.29 is 9.90 Å². The van der Waals surface area contributed by atoms with Crippen LogP contribution in [0.5, 0.6) is 0 Å². The van der Waals surface area contributed by atoms with E-state index in [0.29, 0.717) is 31.0 Å². The topological polar surface area (TPSA) is 81.2 Å². The van der Waals surface area contributed by atoms with Gasteiger partial charge in [-0.05, 0) is 43.8 Å². The van der Waals surface area contributed by atoms with Gasteiger partial charge in [-0.2, -0.15) is 5.10 Å². The van der Waals surface area contributed by atoms with Crippen molar-refractivity contribution in [2.75, 3.05) is 26.2 Å². The Labute approximate surface area is 148 Å². The molecule has 6 nitrogen and oxygen atoms in total. The van der Waals surface area contributed by atoms with Crippen molar-refractivity contribution in [2.45, 2.75) is 25.4 Å². The van der Waals surface area contributed by atoms with E-state index in [1.807, 2.05) is 18.2 Å². The molecule has 1 aliphatic rings. The molecule has 0 aliphatic carbocycles. The van der Waals surface area contributed by atoms with E-state index in [-0.39, 0.29) is 12.0 Å². The molecule has 0 radical (unpaired) electrons. The number of hydrogen-bond acceptors (Lipinski definition) is 4. The third-order valence-electron chi connectivity index (χ3n) is 4.80. The Hall–Kier alpha value is -2.18. The molecule has 0 bridgehead atoms. The van der Waals surface area contributed by atoms with E-state index in [2.05, 4.69) is 32.5 Å². The number of nitrogens with one attached hydrogen (secondary N) is 2. The average molecular weight is 342 g/mol. The summed E-state index contributed by atoms with van der Waals surface area (Å²) in [6, 6.07) is 10.1. The first-order valence-electron chi connectivity index (χ1n) is 8.92. The van der Waals surface area contributed by atoms with Gasteiger partial charge in [-0.3, -0.25) is 9.89 Å². The SMILES string of the molecule is O=C(NCC1CCN(CC(O)Cc2ccccc2)CC1)c1cn[nH]c1. The number of aliphatic hydroxyl groups excluding tert-OH is 1. The zero-order valence-corrected chi connectivity index (χ0v) is 14.4. The first-order valence-corrected chi connectivity index (χ1v) is 8.92. The van der Waals surface area contributed by atoms with Crippen LogP contribution in [-0.4, -0.2) is 58.4 Å². The molecule has 1 aliphatic heterocycles. The normalized spacial score (nSPS) is 17.3. The van der Waals surface area contributed by atoms with E-state index in [9.17, 15) is 9.90 Å². The van der Waals surface area contributed by atoms with Crippen molar-refractivity contribution in [3.63, 3.8) is 0 Å². The second-order valence-corrected chi connectivity index (χ2v) is 6.78. The summed E-state index contributed by atoms with van der Waals surface area (Å²) < 4.78 is 0. The lowest BCUT2D eigenvalue weighted by atomic mass is 9.96. The number of aromatic amines is 1. The Bertz CT molecular complexity index is 637. The molecule has 1 aromatic carbocycles. The Balaban J connectivity index is 1.35. The third kappa shape index (κ3) is 5.41. The van der Waals surface area contributed by atoms with Crippen LogP contribution in [0.2, 0.25) is 0 Å². The fourth-order valence-electron chi connectivity index (χ4n) is 3.34. The largest absolute Gasteiger partial charge is 0.391 e. The fraction of sp³-hybridized carbons (Fsp3) is 0.474. The number of carbonyl (C=O) groups is 1. The molecule has 1 fully saturated rings. The molecule has 0 spiro atoms. The smallest absolute Gasteiger partial charge is 0.254 e. The predicted octanol–water partition coefficient (Wildman–Crippen LogP) is 1.46. The first kappa shape index (κ1) is 17.6. The van der Waals surface area contributed by atoms with Crippen LogP contribution in [0.25, 0.3) is 0 Å². The highest BCUT2D eigenvalue weighted by molar-refractivity contribution is 5.93. The van der Waals surface area contributed by atoms with Gasteiger partial charge in [0.05, 0.1) is 17.9 Å². The van der Waals surface area contributed by atoms with Crippen LogP contribution in [0.15, 0.2) is 42.7 Å². The Kier molecular flexibility index (Phi) is 6.19. The lowest BCUT2D eigenvalue weighted by Crippen LogP contribution is -2.42. The minimum Gasteiger partial charge on any atom is -0.391 e. The molecule has 0 saturated carbocycles. The van der Waals surface area contributed by atoms with E-state index < -0.39 is 0 Å². The maximum Gasteiger partial charge on any atom is 0.254 e. The van der Waals surface area contributed by atoms with Crippen LogP contribution in [-0.2, 0) is 6.42 Å². The molecule has 1 aromatic heterocycles. The predicted molar refractivity (Wildman–Crippen MR) is 96.2 cm³/mol. The minimum absolute atomic E-state index is 0.0746. The van der Waals surface area contributed by atoms with E-state index >= 15 is 0 Å². The van der Waals surface area contributed by atoms with Gasteiger partial charge in [-0.1, -0.05) is 30.3 Å². The number of piperidine rings is 1. The van der Waals surface area contributed by atoms with Gasteiger partial charge in [-0.25, -0.2) is 0 Å². The molecule has 6 heteroatoms. The molecule has 3 N–H and O–H groups in total. The lowest BCUT2D eigenvalue weighted by Gasteiger charge is -2.33. The van der Waals surface area contributed by atoms with Crippen LogP contribution in [0, 0.1) is 5.92 Å². The number of likely N-dealkylation sites (tertiary alicyclic amines) is 1. The van der Waals surface area contributed by atoms with Gasteiger partial charge in [0, 0.05) is 19.3 Å². The summed E-state index contributed by atoms with van der Waals surface area (Å²) in [5, 5.41) is 19.7. The average Bonchev–Trinajstić information content (AvgIpc) is 3.16. The second kappa shape index (κ2) is 8.78. The zero-order valence-electron chi connectivity index (χ0n) is 14.4. The highest BCUT2D eigenvalue weighted by Gasteiger charge is 2.21. The standard InChI is InChI=1S/C19H26N4O2/c24-18(10-15-4-2-1-3-5-15)14-23-8-6-16(7-9-23)11-20-19(25)17-12-21-22-13-17/h1-5,12-13,16,18,24H,6-11,14H2,(H,20,25)(H,21,22). The molecule has 1 unspecified atom stereocenters. The quantitative estimate of drug-likeness (QED) is 0.711. The molecule has 1 atom stereocenters. The number of aromatic nitrogens is 2. The summed E-state index contributed by atoms with van der Waals surface area (Å²) in [5.41, 5.74) is 1.74. The summed E-state index contributed by atoms with van der Waals surface area (Å²) in [6.07, 6.45) is 5.59. The number of nitrogens with zero attached hydrogens (tertiary/aromatic N) is 2. The molecule has 1 amide bonds. The highest BCUT2D eigenvalue weighted by Crippen LogP contribution is 2.17. The molecule has 134 valence electrons. The Morgan fingerprint density at radius 2 is 2.08 bits per heavy atom. The summed E-state index contributed by atoms with van der Waals surface area (Å²) in [7, 11) is 0. The number of aliphatic hydroxyl groups is 1. The third-order valence-corrected chi connectivity index (χ3v) is 4.80. The summed E-state index contributed by atoms with van der Waals surface area (Å²) >= 11 is 0. The maximum absolute atomic E-state index is 11.9. The minimum atomic E-state index is -0.334. The van der Waals surface area contributed by atoms with Crippen LogP contribution in [0.4, 0.5) is 0 Å². The van der Waals surface area contributed by atoms with E-state index in [0.717, 1.165) is 25.9 Å². The molecular weight excluding hydrogens is 316 g/mol. The number of amides is 1. The number of H-pyrrole nitrogens is 1. The number of hydrogen-bond donors (Lipinski definition) is 3. The van der Waals surface area contributed by atoms with Crippen molar-refractivity contribution in [3.05, 3.63) is 53.9 Å². The molecule has 25 heavy (non-hydrogen) atoms. The van der Waals surface area contributed by atoms with Crippen molar-refractivity contribution in [1.29, 1.82) is 0 Å². The van der Waals surface area contributed by atoms with E-state index in [1.165, 1.54) is 11.8 Å². The van der Waals surface area contributed by atoms with Gasteiger partial charge in [0.2, 0.25) is 0 Å². The second-order valence-electron chi connectivity index (χ2n) is 6.78. The number of β-amino-alcohol motifs (C(OH)–C–C–N with tert-alkyl or cyclic N) is 1. The van der Waals surface area contributed by atoms with Crippen molar-refractivity contribution in [3.8, 4) is 0 Å². The number of carbonyl (C=O) groups excluding carboxylic acids is 1. The highest BCUT2D eigenvalue weighted by atomic mass is 16.3. The van der Waals surface area contributed by atoms with Gasteiger partial charge in [0.1, 0.15) is 0 Å². The van der Waals surface area contributed by atoms with Crippen LogP contribution in [0.1, 0.15) is 28.8 Å². The fourth-order valence-corrected chi connectivity index (χ4v) is 3.34. The molecule has 3 rings (SSSR count). The maximum atomic E-state index is 11.9. The molecule has 2 heterocycles. The van der Waals surface area contributed by atoms with Crippen LogP contribution < -0.4 is 5.32 Å². The Morgan fingerprint density at radius 1 is 1.32 bits per heavy atom. The van der Waals surface area contributed by atoms with Crippen LogP contribution in [0.3, 0.4) is 0 Å². The number of rotatable bonds is 7. The summed E-state index contributed by atoms with van der Waals surface area (Å²) in [5.74, 6) is 0.424. The van der Waals surface area contributed by atoms with Crippen LogP contribution >= 0.6 is 0 Å². The van der Waals surface area contributed by atoms with Crippen molar-refractivity contribution in [2.24, 2.45) is 5.92 Å². The van der Waals surface area contributed by atoms with Gasteiger partial charge < -0.3 is 15.3 Å². The monoisotopic (exact) mass is 342 g/mol. The van der Waals surface area contributed by atoms with Gasteiger partial charge in [0.25, 0.3) is 5.91 Å². The molecule has 2 aromatic rings. The summed E-state index contributed by atoms with van der Waals surface area (Å²) in [4.78, 5) is 14.2. The summed E-state index contributed by atoms with van der Waals surface area (Å²) in [6.45, 7) is 3.35. The van der Waals surface area contributed by atoms with Gasteiger partial charge >= 0.3 is 0 Å². The number of benzene rings is 1. The van der Waals surface area contributed by atoms with Gasteiger partial charge in [0.15, 0.2) is 0 Å². The first-order chi connectivity index (χ1) is 12.2. The van der Waals surface area contributed by atoms with Crippen molar-refractivity contribution >= 4 is 5.91 Å². The zero-order chi connectivity index (χ0) is 17.5. The van der Waals surface area contributed by atoms with E-state index in [4.69, 9.17) is 0 Å². The molecule has 1 saturated heterocycles.